The van der Waals surface area contributed by atoms with E-state index in [1.165, 1.54) is 80.4 Å². The van der Waals surface area contributed by atoms with Crippen molar-refractivity contribution in [2.45, 2.75) is 31.6 Å². The number of hydrogen-bond acceptors (Lipinski definition) is 10. The number of amides is 2. The highest BCUT2D eigenvalue weighted by Crippen LogP contribution is 2.33. The van der Waals surface area contributed by atoms with Crippen LogP contribution >= 0.6 is 0 Å². The van der Waals surface area contributed by atoms with Crippen molar-refractivity contribution >= 4 is 45.3 Å². The first-order valence-electron chi connectivity index (χ1n) is 16.9. The van der Waals surface area contributed by atoms with Gasteiger partial charge in [0.25, 0.3) is 17.4 Å². The average Bonchev–Trinajstić information content (AvgIpc) is 3.15. The topological polar surface area (TPSA) is 158 Å². The zero-order valence-corrected chi connectivity index (χ0v) is 30.0. The molecule has 4 heterocycles. The summed E-state index contributed by atoms with van der Waals surface area (Å²) in [5.74, 6) is -3.81. The third-order valence-electron chi connectivity index (χ3n) is 9.34. The van der Waals surface area contributed by atoms with Crippen LogP contribution in [0.25, 0.3) is 27.5 Å². The number of anilines is 1. The van der Waals surface area contributed by atoms with Gasteiger partial charge in [0.05, 0.1) is 47.1 Å². The molecule has 0 saturated carbocycles. The molecule has 14 nitrogen and oxygen atoms in total. The summed E-state index contributed by atoms with van der Waals surface area (Å²) in [6.45, 7) is -0.164. The van der Waals surface area contributed by atoms with Crippen LogP contribution in [0.4, 0.5) is 23.2 Å². The van der Waals surface area contributed by atoms with Gasteiger partial charge in [0.15, 0.2) is 6.61 Å². The molecule has 55 heavy (non-hydrogen) atoms. The smallest absolute Gasteiger partial charge is 0.411 e. The van der Waals surface area contributed by atoms with E-state index < -0.39 is 71.9 Å². The van der Waals surface area contributed by atoms with E-state index in [9.17, 15) is 37.1 Å². The molecule has 0 radical (unpaired) electrons. The van der Waals surface area contributed by atoms with Crippen LogP contribution in [0, 0.1) is 12.7 Å². The molecule has 0 unspecified atom stereocenters. The Morgan fingerprint density at radius 1 is 1.09 bits per heavy atom. The first kappa shape index (κ1) is 38.6. The summed E-state index contributed by atoms with van der Waals surface area (Å²) >= 11 is 0. The van der Waals surface area contributed by atoms with E-state index >= 15 is 4.39 Å². The molecule has 18 heteroatoms. The fraction of sp³-hybridized carbons (Fsp3) is 0.324. The minimum Gasteiger partial charge on any atom is -0.454 e. The van der Waals surface area contributed by atoms with Crippen LogP contribution in [0.2, 0.25) is 0 Å². The van der Waals surface area contributed by atoms with E-state index in [4.69, 9.17) is 9.47 Å². The van der Waals surface area contributed by atoms with Gasteiger partial charge in [0.1, 0.15) is 17.9 Å². The largest absolute Gasteiger partial charge is 0.454 e. The van der Waals surface area contributed by atoms with Crippen LogP contribution in [-0.2, 0) is 32.5 Å². The molecule has 0 aliphatic carbocycles. The maximum Gasteiger partial charge on any atom is 0.411 e. The Labute approximate surface area is 309 Å². The highest BCUT2D eigenvalue weighted by Gasteiger charge is 2.45. The Morgan fingerprint density at radius 2 is 1.85 bits per heavy atom. The number of alkyl halides is 3. The molecule has 1 aliphatic heterocycles. The maximum atomic E-state index is 15.7. The zero-order chi connectivity index (χ0) is 39.8. The molecule has 1 fully saturated rings. The minimum atomic E-state index is -4.67. The average molecular weight is 766 g/mol. The van der Waals surface area contributed by atoms with Crippen LogP contribution < -0.4 is 21.5 Å². The standard InChI is InChI=1S/C37H35F4N7O7/c1-20-14-22(47-12-13-54-18-29(47)37(39,40)41)16-25(38)31(20)33(50)44-26(35(52)55-19-30(49)45(2)3)15-21-7-8-27(32-23(21)6-5-10-43-32)48-34(51)24-9-11-42-17-28(24)46(4)36(48)53/h5-11,14,16-17,26,29H,12-13,15,18-19H2,1-4H3,(H,44,50)/t26-,29+/m0/s1. The van der Waals surface area contributed by atoms with Crippen LogP contribution in [0.15, 0.2) is 70.6 Å². The summed E-state index contributed by atoms with van der Waals surface area (Å²) in [4.78, 5) is 77.3. The van der Waals surface area contributed by atoms with Crippen molar-refractivity contribution in [1.82, 2.24) is 29.3 Å². The number of aryl methyl sites for hydroxylation is 2. The number of halogens is 4. The van der Waals surface area contributed by atoms with Gasteiger partial charge in [0.2, 0.25) is 0 Å². The molecular formula is C37H35F4N7O7. The molecule has 1 aliphatic rings. The lowest BCUT2D eigenvalue weighted by Gasteiger charge is -2.38. The van der Waals surface area contributed by atoms with E-state index in [0.717, 1.165) is 15.5 Å². The predicted molar refractivity (Wildman–Crippen MR) is 192 cm³/mol. The minimum absolute atomic E-state index is 0.00740. The molecule has 2 amide bonds. The summed E-state index contributed by atoms with van der Waals surface area (Å²) in [6.07, 6.45) is -0.694. The summed E-state index contributed by atoms with van der Waals surface area (Å²) in [6, 6.07) is 6.19. The number of likely N-dealkylation sites (N-methyl/N-ethyl adjacent to an activating group) is 1. The number of hydrogen-bond donors (Lipinski definition) is 1. The Kier molecular flexibility index (Phi) is 10.7. The number of carbonyl (C=O) groups excluding carboxylic acids is 3. The number of carbonyl (C=O) groups is 3. The lowest BCUT2D eigenvalue weighted by atomic mass is 9.99. The number of benzene rings is 2. The number of ether oxygens (including phenoxy) is 2. The molecule has 0 bridgehead atoms. The highest BCUT2D eigenvalue weighted by molar-refractivity contribution is 5.99. The number of esters is 1. The first-order chi connectivity index (χ1) is 26.1. The fourth-order valence-electron chi connectivity index (χ4n) is 6.45. The van der Waals surface area contributed by atoms with Crippen molar-refractivity contribution in [3.63, 3.8) is 0 Å². The molecule has 1 saturated heterocycles. The van der Waals surface area contributed by atoms with Gasteiger partial charge < -0.3 is 24.6 Å². The van der Waals surface area contributed by atoms with E-state index in [-0.39, 0.29) is 47.4 Å². The number of aromatic nitrogens is 4. The summed E-state index contributed by atoms with van der Waals surface area (Å²) in [7, 11) is 4.39. The number of nitrogens with one attached hydrogen (secondary N) is 1. The van der Waals surface area contributed by atoms with Crippen molar-refractivity contribution in [2.24, 2.45) is 7.05 Å². The van der Waals surface area contributed by atoms with Crippen LogP contribution in [0.1, 0.15) is 21.5 Å². The molecule has 3 aromatic heterocycles. The van der Waals surface area contributed by atoms with Gasteiger partial charge in [0, 0.05) is 57.6 Å². The van der Waals surface area contributed by atoms with Crippen molar-refractivity contribution in [3.05, 3.63) is 104 Å². The van der Waals surface area contributed by atoms with Crippen LogP contribution in [0.3, 0.4) is 0 Å². The van der Waals surface area contributed by atoms with Gasteiger partial charge in [-0.05, 0) is 48.4 Å². The van der Waals surface area contributed by atoms with Crippen molar-refractivity contribution in [3.8, 4) is 5.69 Å². The van der Waals surface area contributed by atoms with Crippen molar-refractivity contribution < 1.29 is 41.4 Å². The normalized spacial score (nSPS) is 15.2. The van der Waals surface area contributed by atoms with Crippen molar-refractivity contribution in [2.75, 3.05) is 45.4 Å². The third kappa shape index (κ3) is 7.62. The number of rotatable bonds is 9. The van der Waals surface area contributed by atoms with Gasteiger partial charge in [-0.2, -0.15) is 13.2 Å². The van der Waals surface area contributed by atoms with Gasteiger partial charge in [-0.1, -0.05) is 12.1 Å². The molecule has 0 spiro atoms. The van der Waals surface area contributed by atoms with E-state index in [1.54, 1.807) is 12.1 Å². The third-order valence-corrected chi connectivity index (χ3v) is 9.34. The predicted octanol–water partition coefficient (Wildman–Crippen LogP) is 2.82. The van der Waals surface area contributed by atoms with Crippen LogP contribution in [0.5, 0.6) is 0 Å². The second-order valence-corrected chi connectivity index (χ2v) is 13.1. The zero-order valence-electron chi connectivity index (χ0n) is 30.0. The summed E-state index contributed by atoms with van der Waals surface area (Å²) < 4.78 is 69.5. The maximum absolute atomic E-state index is 15.7. The molecular weight excluding hydrogens is 730 g/mol. The molecule has 2 atom stereocenters. The highest BCUT2D eigenvalue weighted by atomic mass is 19.4. The fourth-order valence-corrected chi connectivity index (χ4v) is 6.45. The van der Waals surface area contributed by atoms with E-state index in [1.807, 2.05) is 0 Å². The molecule has 1 N–H and O–H groups in total. The van der Waals surface area contributed by atoms with E-state index in [0.29, 0.717) is 16.5 Å². The molecule has 2 aromatic carbocycles. The van der Waals surface area contributed by atoms with Gasteiger partial charge in [-0.3, -0.25) is 28.9 Å². The number of pyridine rings is 2. The van der Waals surface area contributed by atoms with Gasteiger partial charge >= 0.3 is 17.8 Å². The van der Waals surface area contributed by atoms with Crippen molar-refractivity contribution in [1.29, 1.82) is 0 Å². The lowest BCUT2D eigenvalue weighted by molar-refractivity contribution is -0.167. The number of fused-ring (bicyclic) bond motifs is 2. The van der Waals surface area contributed by atoms with Crippen LogP contribution in [-0.4, -0.2) is 101 Å². The summed E-state index contributed by atoms with van der Waals surface area (Å²) in [5, 5.41) is 3.09. The SMILES string of the molecule is Cc1cc(N2CCOC[C@@H]2C(F)(F)F)cc(F)c1C(=O)N[C@@H](Cc1ccc(-n2c(=O)c3ccncc3n(C)c2=O)c2ncccc12)C(=O)OCC(=O)N(C)C. The number of morpholine rings is 1. The monoisotopic (exact) mass is 765 g/mol. The molecule has 6 rings (SSSR count). The van der Waals surface area contributed by atoms with E-state index in [2.05, 4.69) is 15.3 Å². The first-order valence-corrected chi connectivity index (χ1v) is 16.9. The second-order valence-electron chi connectivity index (χ2n) is 13.1. The lowest BCUT2D eigenvalue weighted by Crippen LogP contribution is -2.53. The Morgan fingerprint density at radius 3 is 2.56 bits per heavy atom. The molecule has 288 valence electrons. The summed E-state index contributed by atoms with van der Waals surface area (Å²) in [5.41, 5.74) is -0.882. The number of nitrogens with zero attached hydrogens (tertiary/aromatic N) is 6. The van der Waals surface area contributed by atoms with Gasteiger partial charge in [-0.15, -0.1) is 0 Å². The Bertz CT molecular complexity index is 2420. The van der Waals surface area contributed by atoms with Gasteiger partial charge in [-0.25, -0.2) is 18.5 Å². The Hall–Kier alpha value is -6.17. The Balaban J connectivity index is 1.37. The second kappa shape index (κ2) is 15.3. The molecule has 5 aromatic rings. The quantitative estimate of drug-likeness (QED) is 0.175.